The van der Waals surface area contributed by atoms with Crippen LogP contribution in [0, 0.1) is 0 Å². The number of aromatic nitrogens is 4. The molecule has 2 unspecified atom stereocenters. The first kappa shape index (κ1) is 24.4. The molecule has 3 N–H and O–H groups in total. The molecule has 3 aromatic rings. The van der Waals surface area contributed by atoms with Crippen molar-refractivity contribution in [3.8, 4) is 5.75 Å². The van der Waals surface area contributed by atoms with Crippen molar-refractivity contribution in [2.75, 3.05) is 10.4 Å². The lowest BCUT2D eigenvalue weighted by molar-refractivity contribution is -0.137. The van der Waals surface area contributed by atoms with Gasteiger partial charge in [0.25, 0.3) is 0 Å². The number of hydrazone groups is 2. The van der Waals surface area contributed by atoms with Crippen LogP contribution in [0.1, 0.15) is 61.4 Å². The number of aromatic amines is 1. The molecular weight excluding hydrogens is 489 g/mol. The summed E-state index contributed by atoms with van der Waals surface area (Å²) in [6, 6.07) is 9.60. The second-order valence-corrected chi connectivity index (χ2v) is 9.01. The van der Waals surface area contributed by atoms with E-state index in [-0.39, 0.29) is 34.7 Å². The Morgan fingerprint density at radius 3 is 2.70 bits per heavy atom. The average molecular weight is 512 g/mol. The highest BCUT2D eigenvalue weighted by Crippen LogP contribution is 2.44. The maximum Gasteiger partial charge on any atom is 0.416 e. The molecule has 1 aromatic heterocycles. The Bertz CT molecular complexity index is 1370. The molecule has 0 spiro atoms. The third-order valence-corrected chi connectivity index (χ3v) is 6.62. The molecule has 0 radical (unpaired) electrons. The van der Waals surface area contributed by atoms with E-state index in [1.165, 1.54) is 19.1 Å². The van der Waals surface area contributed by atoms with Crippen LogP contribution in [0.4, 0.5) is 24.5 Å². The predicted octanol–water partition coefficient (Wildman–Crippen LogP) is 4.56. The van der Waals surface area contributed by atoms with Crippen LogP contribution in [0.25, 0.3) is 0 Å². The van der Waals surface area contributed by atoms with Crippen LogP contribution in [0.15, 0.2) is 52.7 Å². The number of H-pyrrole nitrogens is 1. The number of benzene rings is 2. The topological polar surface area (TPSA) is 132 Å². The second kappa shape index (κ2) is 9.64. The average Bonchev–Trinajstić information content (AvgIpc) is 3.52. The van der Waals surface area contributed by atoms with Crippen LogP contribution in [0.2, 0.25) is 0 Å². The third kappa shape index (κ3) is 4.88. The number of halogens is 3. The van der Waals surface area contributed by atoms with E-state index in [0.29, 0.717) is 5.69 Å². The van der Waals surface area contributed by atoms with E-state index in [2.05, 4.69) is 36.3 Å². The number of hydrogen-bond acceptors (Lipinski definition) is 8. The molecule has 2 atom stereocenters. The lowest BCUT2D eigenvalue weighted by Gasteiger charge is -2.28. The molecule has 2 aromatic carbocycles. The summed E-state index contributed by atoms with van der Waals surface area (Å²) in [5.74, 6) is 0.288. The summed E-state index contributed by atoms with van der Waals surface area (Å²) in [5, 5.41) is 34.2. The molecule has 1 aliphatic carbocycles. The van der Waals surface area contributed by atoms with Gasteiger partial charge in [-0.05, 0) is 72.4 Å². The van der Waals surface area contributed by atoms with Crippen LogP contribution in [-0.4, -0.2) is 43.1 Å². The highest BCUT2D eigenvalue weighted by atomic mass is 19.4. The second-order valence-electron chi connectivity index (χ2n) is 9.01. The molecule has 1 fully saturated rings. The zero-order valence-corrected chi connectivity index (χ0v) is 19.7. The summed E-state index contributed by atoms with van der Waals surface area (Å²) in [7, 11) is 0. The summed E-state index contributed by atoms with van der Waals surface area (Å²) in [6.07, 6.45) is -1.01. The number of aromatic hydroxyl groups is 1. The Labute approximate surface area is 209 Å². The van der Waals surface area contributed by atoms with Gasteiger partial charge in [-0.2, -0.15) is 28.4 Å². The van der Waals surface area contributed by atoms with E-state index in [1.54, 1.807) is 12.1 Å². The van der Waals surface area contributed by atoms with Crippen molar-refractivity contribution < 1.29 is 23.1 Å². The van der Waals surface area contributed by atoms with Crippen molar-refractivity contribution in [3.63, 3.8) is 0 Å². The number of carbonyl (C=O) groups excluding carboxylic acids is 1. The van der Waals surface area contributed by atoms with Gasteiger partial charge in [-0.1, -0.05) is 24.6 Å². The molecule has 2 aliphatic rings. The van der Waals surface area contributed by atoms with E-state index in [0.717, 1.165) is 54.2 Å². The summed E-state index contributed by atoms with van der Waals surface area (Å²) in [6.45, 7) is 1.53. The smallest absolute Gasteiger partial charge is 0.416 e. The van der Waals surface area contributed by atoms with Gasteiger partial charge in [0.05, 0.1) is 22.6 Å². The number of amides is 1. The molecular formula is C24H23F3N8O2. The van der Waals surface area contributed by atoms with Crippen molar-refractivity contribution in [1.29, 1.82) is 0 Å². The maximum absolute atomic E-state index is 13.1. The van der Waals surface area contributed by atoms with Gasteiger partial charge in [0, 0.05) is 5.92 Å². The standard InChI is InChI=1S/C24H23F3N8O2/c1-13-20(23(37)35(32-13)17-8-3-7-16(12-17)24(25,26)27)29-28-19-10-4-9-18(21(19)36)14-5-2-6-15(11-14)22-30-33-34-31-22/h3-4,7-10,12,14-15,28,36H,2,5-6,11H2,1H3,(H,30,31,33,34). The number of anilines is 2. The number of nitrogens with zero attached hydrogens (tertiary/aromatic N) is 6. The fourth-order valence-corrected chi connectivity index (χ4v) is 4.77. The minimum Gasteiger partial charge on any atom is -0.505 e. The van der Waals surface area contributed by atoms with Crippen LogP contribution >= 0.6 is 0 Å². The van der Waals surface area contributed by atoms with Gasteiger partial charge in [0.2, 0.25) is 0 Å². The lowest BCUT2D eigenvalue weighted by Crippen LogP contribution is -2.28. The quantitative estimate of drug-likeness (QED) is 0.339. The Hall–Kier alpha value is -4.29. The van der Waals surface area contributed by atoms with Gasteiger partial charge in [-0.15, -0.1) is 5.10 Å². The number of rotatable bonds is 5. The molecule has 1 saturated carbocycles. The molecule has 192 valence electrons. The number of hydrogen-bond donors (Lipinski definition) is 3. The van der Waals surface area contributed by atoms with Gasteiger partial charge < -0.3 is 5.11 Å². The summed E-state index contributed by atoms with van der Waals surface area (Å²) in [4.78, 5) is 12.9. The first-order chi connectivity index (χ1) is 17.7. The minimum atomic E-state index is -4.55. The number of alkyl halides is 3. The molecule has 0 bridgehead atoms. The SMILES string of the molecule is CC1=NN(c2cccc(C(F)(F)F)c2)C(=O)C1=NNc1cccc(C2CCCC(c3nnn[nH]3)C2)c1O. The first-order valence-electron chi connectivity index (χ1n) is 11.7. The zero-order chi connectivity index (χ0) is 26.2. The molecule has 10 nitrogen and oxygen atoms in total. The van der Waals surface area contributed by atoms with E-state index >= 15 is 0 Å². The monoisotopic (exact) mass is 512 g/mol. The highest BCUT2D eigenvalue weighted by Gasteiger charge is 2.35. The van der Waals surface area contributed by atoms with Gasteiger partial charge in [-0.3, -0.25) is 10.2 Å². The number of para-hydroxylation sites is 1. The Morgan fingerprint density at radius 1 is 1.16 bits per heavy atom. The lowest BCUT2D eigenvalue weighted by atomic mass is 9.77. The van der Waals surface area contributed by atoms with Gasteiger partial charge in [-0.25, -0.2) is 5.10 Å². The van der Waals surface area contributed by atoms with Crippen molar-refractivity contribution in [3.05, 3.63) is 59.4 Å². The first-order valence-corrected chi connectivity index (χ1v) is 11.7. The van der Waals surface area contributed by atoms with Crippen molar-refractivity contribution in [2.45, 2.75) is 50.6 Å². The third-order valence-electron chi connectivity index (χ3n) is 6.62. The fourth-order valence-electron chi connectivity index (χ4n) is 4.77. The van der Waals surface area contributed by atoms with Crippen molar-refractivity contribution in [1.82, 2.24) is 20.6 Å². The molecule has 1 aliphatic heterocycles. The normalized spacial score (nSPS) is 21.4. The van der Waals surface area contributed by atoms with Gasteiger partial charge in [0.15, 0.2) is 11.5 Å². The van der Waals surface area contributed by atoms with Crippen molar-refractivity contribution in [2.24, 2.45) is 10.2 Å². The molecule has 2 heterocycles. The van der Waals surface area contributed by atoms with E-state index in [1.807, 2.05) is 6.07 Å². The fraction of sp³-hybridized carbons (Fsp3) is 0.333. The van der Waals surface area contributed by atoms with E-state index in [9.17, 15) is 23.1 Å². The molecule has 13 heteroatoms. The van der Waals surface area contributed by atoms with Crippen LogP contribution in [-0.2, 0) is 11.0 Å². The van der Waals surface area contributed by atoms with E-state index in [4.69, 9.17) is 0 Å². The van der Waals surface area contributed by atoms with Gasteiger partial charge in [0.1, 0.15) is 5.75 Å². The highest BCUT2D eigenvalue weighted by molar-refractivity contribution is 6.71. The Morgan fingerprint density at radius 2 is 1.95 bits per heavy atom. The maximum atomic E-state index is 13.1. The summed E-state index contributed by atoms with van der Waals surface area (Å²) in [5.41, 5.74) is 3.02. The summed E-state index contributed by atoms with van der Waals surface area (Å²) >= 11 is 0. The van der Waals surface area contributed by atoms with E-state index < -0.39 is 17.6 Å². The zero-order valence-electron chi connectivity index (χ0n) is 19.7. The number of phenols is 1. The molecule has 37 heavy (non-hydrogen) atoms. The minimum absolute atomic E-state index is 0.0166. The summed E-state index contributed by atoms with van der Waals surface area (Å²) < 4.78 is 39.3. The van der Waals surface area contributed by atoms with Crippen LogP contribution in [0.3, 0.4) is 0 Å². The number of tetrazole rings is 1. The predicted molar refractivity (Wildman–Crippen MR) is 129 cm³/mol. The Balaban J connectivity index is 1.34. The number of carbonyl (C=O) groups is 1. The van der Waals surface area contributed by atoms with Gasteiger partial charge >= 0.3 is 12.1 Å². The largest absolute Gasteiger partial charge is 0.505 e. The molecule has 0 saturated heterocycles. The Kier molecular flexibility index (Phi) is 6.36. The number of nitrogens with one attached hydrogen (secondary N) is 2. The van der Waals surface area contributed by atoms with Crippen LogP contribution in [0.5, 0.6) is 5.75 Å². The van der Waals surface area contributed by atoms with Crippen molar-refractivity contribution >= 4 is 28.7 Å². The number of phenolic OH excluding ortho intramolecular Hbond substituents is 1. The molecule has 5 rings (SSSR count). The molecule has 1 amide bonds. The van der Waals surface area contributed by atoms with Crippen LogP contribution < -0.4 is 10.4 Å².